The Hall–Kier alpha value is -0.860. The molecule has 94 valence electrons. The third-order valence-corrected chi connectivity index (χ3v) is 3.87. The molecule has 0 amide bonds. The lowest BCUT2D eigenvalue weighted by Gasteiger charge is -2.12. The quantitative estimate of drug-likeness (QED) is 0.660. The summed E-state index contributed by atoms with van der Waals surface area (Å²) in [6, 6.07) is 12.9. The Morgan fingerprint density at radius 1 is 1.22 bits per heavy atom. The number of benzene rings is 2. The molecule has 2 aromatic carbocycles. The first-order valence-electron chi connectivity index (χ1n) is 5.71. The zero-order chi connectivity index (χ0) is 13.1. The van der Waals surface area contributed by atoms with Crippen LogP contribution in [0.3, 0.4) is 0 Å². The van der Waals surface area contributed by atoms with Crippen molar-refractivity contribution in [2.24, 2.45) is 0 Å². The Morgan fingerprint density at radius 2 is 2.00 bits per heavy atom. The Bertz CT molecular complexity index is 554. The van der Waals surface area contributed by atoms with Gasteiger partial charge in [0, 0.05) is 4.47 Å². The minimum absolute atomic E-state index is 0.165. The standard InChI is InChI=1S/C15H13BrClF/c1-10-3-2-4-11(7-10)8-15(17)13-6-5-12(18)9-14(13)16/h2-7,9,15H,8H2,1H3. The second kappa shape index (κ2) is 5.85. The van der Waals surface area contributed by atoms with Gasteiger partial charge in [-0.15, -0.1) is 11.6 Å². The maximum absolute atomic E-state index is 13.0. The fourth-order valence-electron chi connectivity index (χ4n) is 1.91. The summed E-state index contributed by atoms with van der Waals surface area (Å²) in [5.41, 5.74) is 3.32. The molecule has 3 heteroatoms. The summed E-state index contributed by atoms with van der Waals surface area (Å²) in [5, 5.41) is -0.165. The van der Waals surface area contributed by atoms with E-state index < -0.39 is 0 Å². The smallest absolute Gasteiger partial charge is 0.124 e. The van der Waals surface area contributed by atoms with Crippen molar-refractivity contribution < 1.29 is 4.39 Å². The summed E-state index contributed by atoms with van der Waals surface area (Å²) in [6.45, 7) is 2.06. The average Bonchev–Trinajstić information content (AvgIpc) is 2.28. The van der Waals surface area contributed by atoms with Crippen molar-refractivity contribution in [3.8, 4) is 0 Å². The first kappa shape index (κ1) is 13.6. The number of rotatable bonds is 3. The van der Waals surface area contributed by atoms with Crippen LogP contribution in [0.15, 0.2) is 46.9 Å². The van der Waals surface area contributed by atoms with Gasteiger partial charge in [0.1, 0.15) is 5.82 Å². The molecule has 1 unspecified atom stereocenters. The summed E-state index contributed by atoms with van der Waals surface area (Å²) in [7, 11) is 0. The summed E-state index contributed by atoms with van der Waals surface area (Å²) in [6.07, 6.45) is 0.730. The monoisotopic (exact) mass is 326 g/mol. The molecule has 0 saturated carbocycles. The molecule has 0 fully saturated rings. The van der Waals surface area contributed by atoms with Gasteiger partial charge in [0.2, 0.25) is 0 Å². The van der Waals surface area contributed by atoms with Crippen molar-refractivity contribution in [3.05, 3.63) is 69.4 Å². The van der Waals surface area contributed by atoms with Crippen molar-refractivity contribution in [1.82, 2.24) is 0 Å². The predicted octanol–water partition coefficient (Wildman–Crippen LogP) is 5.42. The average molecular weight is 328 g/mol. The van der Waals surface area contributed by atoms with Crippen LogP contribution in [0.1, 0.15) is 22.1 Å². The van der Waals surface area contributed by atoms with Gasteiger partial charge in [-0.3, -0.25) is 0 Å². The van der Waals surface area contributed by atoms with Gasteiger partial charge in [-0.2, -0.15) is 0 Å². The lowest BCUT2D eigenvalue weighted by molar-refractivity contribution is 0.625. The third-order valence-electron chi connectivity index (χ3n) is 2.80. The number of alkyl halides is 1. The molecule has 2 aromatic rings. The molecule has 0 N–H and O–H groups in total. The van der Waals surface area contributed by atoms with Gasteiger partial charge in [-0.1, -0.05) is 51.8 Å². The number of hydrogen-bond acceptors (Lipinski definition) is 0. The molecule has 0 bridgehead atoms. The lowest BCUT2D eigenvalue weighted by Crippen LogP contribution is -1.98. The van der Waals surface area contributed by atoms with Crippen LogP contribution in [0.5, 0.6) is 0 Å². The zero-order valence-corrected chi connectivity index (χ0v) is 12.3. The fourth-order valence-corrected chi connectivity index (χ4v) is 3.04. The molecule has 0 heterocycles. The topological polar surface area (TPSA) is 0 Å². The van der Waals surface area contributed by atoms with Gasteiger partial charge < -0.3 is 0 Å². The van der Waals surface area contributed by atoms with E-state index in [0.29, 0.717) is 0 Å². The maximum atomic E-state index is 13.0. The highest BCUT2D eigenvalue weighted by atomic mass is 79.9. The molecule has 0 aliphatic heterocycles. The molecule has 0 saturated heterocycles. The maximum Gasteiger partial charge on any atom is 0.124 e. The predicted molar refractivity (Wildman–Crippen MR) is 77.6 cm³/mol. The van der Waals surface area contributed by atoms with Gasteiger partial charge in [0.05, 0.1) is 5.38 Å². The molecule has 0 aliphatic carbocycles. The van der Waals surface area contributed by atoms with E-state index in [9.17, 15) is 4.39 Å². The minimum Gasteiger partial charge on any atom is -0.207 e. The highest BCUT2D eigenvalue weighted by Gasteiger charge is 2.13. The van der Waals surface area contributed by atoms with Crippen LogP contribution in [0.4, 0.5) is 4.39 Å². The highest BCUT2D eigenvalue weighted by molar-refractivity contribution is 9.10. The van der Waals surface area contributed by atoms with Crippen LogP contribution in [0, 0.1) is 12.7 Å². The molecule has 0 radical (unpaired) electrons. The van der Waals surface area contributed by atoms with Crippen LogP contribution in [-0.4, -0.2) is 0 Å². The number of halogens is 3. The molecule has 18 heavy (non-hydrogen) atoms. The summed E-state index contributed by atoms with van der Waals surface area (Å²) in [5.74, 6) is -0.259. The van der Waals surface area contributed by atoms with Crippen LogP contribution in [-0.2, 0) is 6.42 Å². The Labute approximate surface area is 120 Å². The minimum atomic E-state index is -0.259. The Kier molecular flexibility index (Phi) is 4.41. The molecule has 2 rings (SSSR count). The zero-order valence-electron chi connectivity index (χ0n) is 9.96. The normalized spacial score (nSPS) is 12.4. The molecule has 0 spiro atoms. The Balaban J connectivity index is 2.19. The second-order valence-electron chi connectivity index (χ2n) is 4.33. The van der Waals surface area contributed by atoms with Crippen molar-refractivity contribution in [2.75, 3.05) is 0 Å². The van der Waals surface area contributed by atoms with E-state index in [2.05, 4.69) is 41.1 Å². The molecular formula is C15H13BrClF. The first-order valence-corrected chi connectivity index (χ1v) is 6.94. The van der Waals surface area contributed by atoms with E-state index in [1.165, 1.54) is 23.3 Å². The van der Waals surface area contributed by atoms with E-state index >= 15 is 0 Å². The van der Waals surface area contributed by atoms with E-state index in [1.807, 2.05) is 6.07 Å². The van der Waals surface area contributed by atoms with Crippen LogP contribution in [0.2, 0.25) is 0 Å². The largest absolute Gasteiger partial charge is 0.207 e. The van der Waals surface area contributed by atoms with Crippen LogP contribution < -0.4 is 0 Å². The Morgan fingerprint density at radius 3 is 2.67 bits per heavy atom. The number of aryl methyl sites for hydroxylation is 1. The van der Waals surface area contributed by atoms with Crippen molar-refractivity contribution >= 4 is 27.5 Å². The lowest BCUT2D eigenvalue weighted by atomic mass is 10.0. The van der Waals surface area contributed by atoms with Crippen molar-refractivity contribution in [2.45, 2.75) is 18.7 Å². The van der Waals surface area contributed by atoms with Gasteiger partial charge in [-0.25, -0.2) is 4.39 Å². The molecule has 0 nitrogen and oxygen atoms in total. The van der Waals surface area contributed by atoms with Crippen LogP contribution >= 0.6 is 27.5 Å². The van der Waals surface area contributed by atoms with Crippen molar-refractivity contribution in [1.29, 1.82) is 0 Å². The molecule has 0 aliphatic rings. The van der Waals surface area contributed by atoms with Gasteiger partial charge in [-0.05, 0) is 36.6 Å². The van der Waals surface area contributed by atoms with E-state index in [0.717, 1.165) is 16.5 Å². The van der Waals surface area contributed by atoms with Crippen molar-refractivity contribution in [3.63, 3.8) is 0 Å². The first-order chi connectivity index (χ1) is 8.56. The second-order valence-corrected chi connectivity index (χ2v) is 5.71. The summed E-state index contributed by atoms with van der Waals surface area (Å²) in [4.78, 5) is 0. The fraction of sp³-hybridized carbons (Fsp3) is 0.200. The summed E-state index contributed by atoms with van der Waals surface area (Å²) < 4.78 is 13.7. The van der Waals surface area contributed by atoms with Gasteiger partial charge >= 0.3 is 0 Å². The molecule has 0 aromatic heterocycles. The van der Waals surface area contributed by atoms with Gasteiger partial charge in [0.15, 0.2) is 0 Å². The van der Waals surface area contributed by atoms with Gasteiger partial charge in [0.25, 0.3) is 0 Å². The third kappa shape index (κ3) is 3.33. The number of hydrogen-bond donors (Lipinski definition) is 0. The SMILES string of the molecule is Cc1cccc(CC(Cl)c2ccc(F)cc2Br)c1. The van der Waals surface area contributed by atoms with E-state index in [-0.39, 0.29) is 11.2 Å². The molecule has 1 atom stereocenters. The molecular weight excluding hydrogens is 315 g/mol. The summed E-state index contributed by atoms with van der Waals surface area (Å²) >= 11 is 9.75. The van der Waals surface area contributed by atoms with E-state index in [1.54, 1.807) is 6.07 Å². The van der Waals surface area contributed by atoms with E-state index in [4.69, 9.17) is 11.6 Å². The highest BCUT2D eigenvalue weighted by Crippen LogP contribution is 2.31. The van der Waals surface area contributed by atoms with Crippen LogP contribution in [0.25, 0.3) is 0 Å².